The predicted molar refractivity (Wildman–Crippen MR) is 123 cm³/mol. The van der Waals surface area contributed by atoms with Gasteiger partial charge in [-0.1, -0.05) is 6.07 Å². The van der Waals surface area contributed by atoms with Crippen LogP contribution in [-0.4, -0.2) is 51.6 Å². The van der Waals surface area contributed by atoms with Gasteiger partial charge in [-0.15, -0.1) is 0 Å². The molecule has 1 aromatic heterocycles. The average molecular weight is 465 g/mol. The summed E-state index contributed by atoms with van der Waals surface area (Å²) in [5.74, 6) is -1.37. The Bertz CT molecular complexity index is 1150. The molecular formula is C26H29FN4O3. The smallest absolute Gasteiger partial charge is 0.255 e. The van der Waals surface area contributed by atoms with Gasteiger partial charge in [-0.3, -0.25) is 29.6 Å². The van der Waals surface area contributed by atoms with E-state index in [0.29, 0.717) is 17.5 Å². The van der Waals surface area contributed by atoms with Crippen LogP contribution in [0, 0.1) is 19.7 Å². The molecule has 3 aliphatic heterocycles. The Hall–Kier alpha value is -3.13. The van der Waals surface area contributed by atoms with Gasteiger partial charge >= 0.3 is 0 Å². The second-order valence-corrected chi connectivity index (χ2v) is 9.74. The fourth-order valence-electron chi connectivity index (χ4n) is 5.59. The third kappa shape index (κ3) is 4.34. The normalized spacial score (nSPS) is 21.7. The number of amides is 3. The predicted octanol–water partition coefficient (Wildman–Crippen LogP) is 2.98. The van der Waals surface area contributed by atoms with E-state index in [9.17, 15) is 14.4 Å². The number of hydrogen-bond acceptors (Lipinski definition) is 5. The number of carbonyl (C=O) groups excluding carboxylic acids is 3. The molecule has 0 bridgehead atoms. The van der Waals surface area contributed by atoms with Gasteiger partial charge in [-0.25, -0.2) is 4.39 Å². The van der Waals surface area contributed by atoms with E-state index in [1.807, 2.05) is 19.9 Å². The molecule has 8 heteroatoms. The highest BCUT2D eigenvalue weighted by atomic mass is 19.1. The van der Waals surface area contributed by atoms with Crippen molar-refractivity contribution in [3.05, 3.63) is 63.7 Å². The van der Waals surface area contributed by atoms with Gasteiger partial charge in [0.25, 0.3) is 5.91 Å². The van der Waals surface area contributed by atoms with Crippen LogP contribution in [0.2, 0.25) is 0 Å². The molecule has 2 fully saturated rings. The van der Waals surface area contributed by atoms with Crippen molar-refractivity contribution in [2.75, 3.05) is 13.1 Å². The van der Waals surface area contributed by atoms with E-state index in [1.165, 1.54) is 16.5 Å². The second-order valence-electron chi connectivity index (χ2n) is 9.74. The Morgan fingerprint density at radius 2 is 1.74 bits per heavy atom. The zero-order valence-corrected chi connectivity index (χ0v) is 19.6. The van der Waals surface area contributed by atoms with Crippen LogP contribution in [0.1, 0.15) is 70.0 Å². The van der Waals surface area contributed by atoms with Crippen molar-refractivity contribution in [2.45, 2.75) is 64.6 Å². The summed E-state index contributed by atoms with van der Waals surface area (Å²) in [7, 11) is 0. The van der Waals surface area contributed by atoms with Crippen LogP contribution >= 0.6 is 0 Å². The van der Waals surface area contributed by atoms with Crippen LogP contribution in [0.5, 0.6) is 0 Å². The Balaban J connectivity index is 1.27. The monoisotopic (exact) mass is 464 g/mol. The van der Waals surface area contributed by atoms with Crippen LogP contribution in [0.4, 0.5) is 4.39 Å². The van der Waals surface area contributed by atoms with E-state index in [0.717, 1.165) is 49.4 Å². The van der Waals surface area contributed by atoms with Crippen molar-refractivity contribution in [2.24, 2.45) is 0 Å². The number of likely N-dealkylation sites (tertiary alicyclic amines) is 1. The highest BCUT2D eigenvalue weighted by Crippen LogP contribution is 2.35. The fourth-order valence-corrected chi connectivity index (χ4v) is 5.59. The van der Waals surface area contributed by atoms with Crippen molar-refractivity contribution in [1.29, 1.82) is 0 Å². The lowest BCUT2D eigenvalue weighted by atomic mass is 9.87. The first-order valence-electron chi connectivity index (χ1n) is 11.9. The van der Waals surface area contributed by atoms with E-state index in [1.54, 1.807) is 0 Å². The minimum atomic E-state index is -0.687. The van der Waals surface area contributed by atoms with Gasteiger partial charge in [-0.2, -0.15) is 0 Å². The summed E-state index contributed by atoms with van der Waals surface area (Å²) in [6.07, 6.45) is 2.20. The number of pyridine rings is 1. The van der Waals surface area contributed by atoms with E-state index >= 15 is 4.39 Å². The first kappa shape index (κ1) is 22.7. The summed E-state index contributed by atoms with van der Waals surface area (Å²) in [6, 6.07) is 6.71. The molecule has 178 valence electrons. The number of rotatable bonds is 4. The summed E-state index contributed by atoms with van der Waals surface area (Å²) >= 11 is 0. The maximum Gasteiger partial charge on any atom is 0.255 e. The third-order valence-electron chi connectivity index (χ3n) is 7.22. The van der Waals surface area contributed by atoms with Gasteiger partial charge in [-0.05, 0) is 87.0 Å². The Morgan fingerprint density at radius 3 is 2.41 bits per heavy atom. The Kier molecular flexibility index (Phi) is 5.93. The first-order chi connectivity index (χ1) is 16.3. The molecule has 5 rings (SSSR count). The van der Waals surface area contributed by atoms with Crippen LogP contribution in [0.3, 0.4) is 0 Å². The van der Waals surface area contributed by atoms with Crippen molar-refractivity contribution in [1.82, 2.24) is 20.1 Å². The number of piperidine rings is 2. The molecule has 1 unspecified atom stereocenters. The molecule has 1 N–H and O–H groups in total. The van der Waals surface area contributed by atoms with Gasteiger partial charge in [0.15, 0.2) is 0 Å². The molecule has 0 radical (unpaired) electrons. The van der Waals surface area contributed by atoms with Gasteiger partial charge in [0.2, 0.25) is 11.8 Å². The Morgan fingerprint density at radius 1 is 1.03 bits per heavy atom. The van der Waals surface area contributed by atoms with E-state index in [4.69, 9.17) is 0 Å². The van der Waals surface area contributed by atoms with E-state index < -0.39 is 11.9 Å². The van der Waals surface area contributed by atoms with Crippen LogP contribution in [0.25, 0.3) is 0 Å². The largest absolute Gasteiger partial charge is 0.322 e. The van der Waals surface area contributed by atoms with Gasteiger partial charge in [0.05, 0.1) is 0 Å². The maximum absolute atomic E-state index is 15.1. The van der Waals surface area contributed by atoms with Crippen molar-refractivity contribution < 1.29 is 18.8 Å². The van der Waals surface area contributed by atoms with Crippen molar-refractivity contribution >= 4 is 17.7 Å². The molecular weight excluding hydrogens is 435 g/mol. The molecule has 34 heavy (non-hydrogen) atoms. The number of fused-ring (bicyclic) bond motifs is 1. The lowest BCUT2D eigenvalue weighted by molar-refractivity contribution is -0.136. The number of benzene rings is 1. The lowest BCUT2D eigenvalue weighted by Gasteiger charge is -2.32. The van der Waals surface area contributed by atoms with Crippen LogP contribution in [-0.2, 0) is 22.7 Å². The Labute approximate surface area is 198 Å². The second kappa shape index (κ2) is 8.91. The molecule has 1 aromatic carbocycles. The average Bonchev–Trinajstić information content (AvgIpc) is 3.08. The zero-order valence-electron chi connectivity index (χ0n) is 19.6. The minimum absolute atomic E-state index is 0.0993. The number of halogens is 1. The molecule has 3 aliphatic rings. The van der Waals surface area contributed by atoms with Crippen LogP contribution < -0.4 is 5.32 Å². The number of carbonyl (C=O) groups is 3. The number of aromatic nitrogens is 1. The summed E-state index contributed by atoms with van der Waals surface area (Å²) in [5.41, 5.74) is 5.03. The van der Waals surface area contributed by atoms with Gasteiger partial charge in [0.1, 0.15) is 11.9 Å². The van der Waals surface area contributed by atoms with Crippen molar-refractivity contribution in [3.8, 4) is 0 Å². The minimum Gasteiger partial charge on any atom is -0.322 e. The summed E-state index contributed by atoms with van der Waals surface area (Å²) in [5, 5.41) is 2.30. The summed E-state index contributed by atoms with van der Waals surface area (Å²) < 4.78 is 15.1. The van der Waals surface area contributed by atoms with Crippen LogP contribution in [0.15, 0.2) is 24.3 Å². The number of nitrogens with one attached hydrogen (secondary N) is 1. The zero-order chi connectivity index (χ0) is 24.0. The molecule has 2 aromatic rings. The van der Waals surface area contributed by atoms with Crippen molar-refractivity contribution in [3.63, 3.8) is 0 Å². The van der Waals surface area contributed by atoms with E-state index in [2.05, 4.69) is 27.3 Å². The number of hydrogen-bond donors (Lipinski definition) is 1. The summed E-state index contributed by atoms with van der Waals surface area (Å²) in [6.45, 7) is 6.90. The molecule has 0 saturated carbocycles. The lowest BCUT2D eigenvalue weighted by Crippen LogP contribution is -2.52. The highest BCUT2D eigenvalue weighted by Gasteiger charge is 2.40. The first-order valence-corrected chi connectivity index (χ1v) is 11.9. The fraction of sp³-hybridized carbons (Fsp3) is 0.462. The van der Waals surface area contributed by atoms with Gasteiger partial charge < -0.3 is 4.90 Å². The molecule has 1 atom stereocenters. The highest BCUT2D eigenvalue weighted by molar-refractivity contribution is 6.05. The molecule has 2 saturated heterocycles. The molecule has 0 spiro atoms. The van der Waals surface area contributed by atoms with E-state index in [-0.39, 0.29) is 36.5 Å². The SMILES string of the molecule is Cc1cc(CN2CCC(c3cc4c(cc3F)C(=O)N(C3CCC(=O)NC3=O)C4)CC2)cc(C)n1. The number of imide groups is 1. The topological polar surface area (TPSA) is 82.6 Å². The molecule has 0 aliphatic carbocycles. The molecule has 3 amide bonds. The standard InChI is InChI=1S/C26H29FN4O3/c1-15-9-17(10-16(2)28-15)13-30-7-5-18(6-8-30)20-11-19-14-31(26(34)21(19)12-22(20)27)23-3-4-24(32)29-25(23)33/h9-12,18,23H,3-8,13-14H2,1-2H3,(H,29,32,33). The third-order valence-corrected chi connectivity index (χ3v) is 7.22. The molecule has 7 nitrogen and oxygen atoms in total. The summed E-state index contributed by atoms with van der Waals surface area (Å²) in [4.78, 5) is 44.9. The number of nitrogens with zero attached hydrogens (tertiary/aromatic N) is 3. The quantitative estimate of drug-likeness (QED) is 0.704. The number of aryl methyl sites for hydroxylation is 2. The van der Waals surface area contributed by atoms with Gasteiger partial charge in [0, 0.05) is 36.5 Å². The molecule has 4 heterocycles. The maximum atomic E-state index is 15.1.